The first-order valence-electron chi connectivity index (χ1n) is 15.7. The molecule has 0 aliphatic carbocycles. The molecule has 244 valence electrons. The van der Waals surface area contributed by atoms with E-state index in [4.69, 9.17) is 9.47 Å². The first-order valence-corrected chi connectivity index (χ1v) is 17.5. The van der Waals surface area contributed by atoms with Crippen LogP contribution in [0, 0.1) is 6.92 Å². The predicted molar refractivity (Wildman–Crippen MR) is 189 cm³/mol. The number of aromatic nitrogens is 2. The number of rotatable bonds is 13. The van der Waals surface area contributed by atoms with Gasteiger partial charge in [0.1, 0.15) is 23.9 Å². The summed E-state index contributed by atoms with van der Waals surface area (Å²) in [5, 5.41) is 20.5. The molecular weight excluding hydrogens is 643 g/mol. The Hall–Kier alpha value is -4.93. The molecular formula is C38H35N3O5S2. The number of benzene rings is 4. The van der Waals surface area contributed by atoms with Crippen molar-refractivity contribution in [3.63, 3.8) is 0 Å². The summed E-state index contributed by atoms with van der Waals surface area (Å²) in [6.07, 6.45) is 1.94. The predicted octanol–water partition coefficient (Wildman–Crippen LogP) is 8.52. The van der Waals surface area contributed by atoms with Crippen LogP contribution in [-0.4, -0.2) is 33.6 Å². The molecule has 0 saturated carbocycles. The SMILES string of the molecule is CCCCOc1ccc(C(O)=C2C(=O)C(=O)N(c3nnc(SCc4ccc(C)cc4)s3)[C@H]2c2ccc(OCc3ccccc3)cc2)cc1. The summed E-state index contributed by atoms with van der Waals surface area (Å²) in [7, 11) is 0. The molecule has 1 amide bonds. The van der Waals surface area contributed by atoms with Gasteiger partial charge in [0.15, 0.2) is 4.34 Å². The number of ether oxygens (including phenoxy) is 2. The fourth-order valence-electron chi connectivity index (χ4n) is 5.22. The van der Waals surface area contributed by atoms with Gasteiger partial charge in [-0.2, -0.15) is 0 Å². The van der Waals surface area contributed by atoms with Gasteiger partial charge in [-0.1, -0.05) is 109 Å². The van der Waals surface area contributed by atoms with E-state index in [1.54, 1.807) is 48.5 Å². The lowest BCUT2D eigenvalue weighted by molar-refractivity contribution is -0.132. The Kier molecular flexibility index (Phi) is 10.5. The van der Waals surface area contributed by atoms with Gasteiger partial charge >= 0.3 is 5.91 Å². The van der Waals surface area contributed by atoms with Crippen LogP contribution in [0.15, 0.2) is 113 Å². The number of hydrogen-bond acceptors (Lipinski definition) is 9. The Morgan fingerprint density at radius 1 is 0.854 bits per heavy atom. The maximum atomic E-state index is 13.7. The van der Waals surface area contributed by atoms with Crippen molar-refractivity contribution in [2.75, 3.05) is 11.5 Å². The summed E-state index contributed by atoms with van der Waals surface area (Å²) in [6, 6.07) is 31.2. The topological polar surface area (TPSA) is 102 Å². The van der Waals surface area contributed by atoms with Gasteiger partial charge in [0.25, 0.3) is 5.78 Å². The van der Waals surface area contributed by atoms with Crippen molar-refractivity contribution in [3.05, 3.63) is 137 Å². The van der Waals surface area contributed by atoms with Crippen LogP contribution in [0.1, 0.15) is 53.6 Å². The fourth-order valence-corrected chi connectivity index (χ4v) is 7.04. The second-order valence-corrected chi connectivity index (χ2v) is 13.5. The molecule has 4 aromatic carbocycles. The highest BCUT2D eigenvalue weighted by Crippen LogP contribution is 2.44. The number of aryl methyl sites for hydroxylation is 1. The molecule has 2 heterocycles. The normalized spacial score (nSPS) is 15.5. The minimum Gasteiger partial charge on any atom is -0.507 e. The third-order valence-electron chi connectivity index (χ3n) is 7.87. The molecule has 1 N–H and O–H groups in total. The summed E-state index contributed by atoms with van der Waals surface area (Å²) >= 11 is 2.74. The number of anilines is 1. The zero-order valence-corrected chi connectivity index (χ0v) is 28.3. The first kappa shape index (κ1) is 33.0. The molecule has 1 aromatic heterocycles. The molecule has 8 nitrogen and oxygen atoms in total. The zero-order valence-electron chi connectivity index (χ0n) is 26.7. The van der Waals surface area contributed by atoms with E-state index in [1.807, 2.05) is 37.3 Å². The average molecular weight is 678 g/mol. The minimum atomic E-state index is -0.934. The Labute approximate surface area is 288 Å². The Morgan fingerprint density at radius 2 is 1.54 bits per heavy atom. The number of carbonyl (C=O) groups excluding carboxylic acids is 2. The van der Waals surface area contributed by atoms with Gasteiger partial charge < -0.3 is 14.6 Å². The zero-order chi connectivity index (χ0) is 33.5. The van der Waals surface area contributed by atoms with E-state index in [-0.39, 0.29) is 16.5 Å². The quantitative estimate of drug-likeness (QED) is 0.0331. The Bertz CT molecular complexity index is 1890. The van der Waals surface area contributed by atoms with Crippen molar-refractivity contribution >= 4 is 45.7 Å². The molecule has 1 aliphatic rings. The first-order chi connectivity index (χ1) is 23.4. The van der Waals surface area contributed by atoms with Gasteiger partial charge in [0, 0.05) is 11.3 Å². The van der Waals surface area contributed by atoms with E-state index in [0.29, 0.717) is 45.9 Å². The number of carbonyl (C=O) groups is 2. The monoisotopic (exact) mass is 677 g/mol. The van der Waals surface area contributed by atoms with E-state index in [0.717, 1.165) is 24.0 Å². The maximum Gasteiger partial charge on any atom is 0.301 e. The molecule has 10 heteroatoms. The van der Waals surface area contributed by atoms with Gasteiger partial charge in [0.05, 0.1) is 18.2 Å². The van der Waals surface area contributed by atoms with Crippen LogP contribution in [0.25, 0.3) is 5.76 Å². The summed E-state index contributed by atoms with van der Waals surface area (Å²) < 4.78 is 12.4. The smallest absolute Gasteiger partial charge is 0.301 e. The van der Waals surface area contributed by atoms with Crippen LogP contribution in [0.5, 0.6) is 11.5 Å². The number of unbranched alkanes of at least 4 members (excludes halogenated alkanes) is 1. The van der Waals surface area contributed by atoms with Crippen LogP contribution in [0.3, 0.4) is 0 Å². The molecule has 6 rings (SSSR count). The molecule has 1 atom stereocenters. The van der Waals surface area contributed by atoms with Crippen molar-refractivity contribution in [2.45, 2.75) is 49.4 Å². The van der Waals surface area contributed by atoms with Crippen LogP contribution in [-0.2, 0) is 21.9 Å². The lowest BCUT2D eigenvalue weighted by Crippen LogP contribution is -2.29. The Morgan fingerprint density at radius 3 is 2.25 bits per heavy atom. The lowest BCUT2D eigenvalue weighted by Gasteiger charge is -2.22. The molecule has 1 aliphatic heterocycles. The lowest BCUT2D eigenvalue weighted by atomic mass is 9.95. The van der Waals surface area contributed by atoms with Crippen LogP contribution in [0.4, 0.5) is 5.13 Å². The summed E-state index contributed by atoms with van der Waals surface area (Å²) in [5.74, 6) is 0.117. The van der Waals surface area contributed by atoms with E-state index in [1.165, 1.54) is 33.6 Å². The van der Waals surface area contributed by atoms with Crippen molar-refractivity contribution in [1.29, 1.82) is 0 Å². The second kappa shape index (κ2) is 15.3. The number of aliphatic hydroxyl groups excluding tert-OH is 1. The molecule has 0 unspecified atom stereocenters. The van der Waals surface area contributed by atoms with Crippen LogP contribution >= 0.6 is 23.1 Å². The van der Waals surface area contributed by atoms with Crippen LogP contribution < -0.4 is 14.4 Å². The number of amides is 1. The molecule has 1 saturated heterocycles. The van der Waals surface area contributed by atoms with Gasteiger partial charge in [-0.15, -0.1) is 10.2 Å². The maximum absolute atomic E-state index is 13.7. The van der Waals surface area contributed by atoms with Crippen molar-refractivity contribution in [2.24, 2.45) is 0 Å². The van der Waals surface area contributed by atoms with Crippen molar-refractivity contribution in [3.8, 4) is 11.5 Å². The van der Waals surface area contributed by atoms with E-state index in [2.05, 4.69) is 41.4 Å². The number of thioether (sulfide) groups is 1. The summed E-state index contributed by atoms with van der Waals surface area (Å²) in [5.41, 5.74) is 4.34. The van der Waals surface area contributed by atoms with Crippen LogP contribution in [0.2, 0.25) is 0 Å². The van der Waals surface area contributed by atoms with Crippen molar-refractivity contribution in [1.82, 2.24) is 10.2 Å². The molecule has 1 fully saturated rings. The number of hydrogen-bond donors (Lipinski definition) is 1. The fraction of sp³-hybridized carbons (Fsp3) is 0.211. The number of ketones is 1. The number of aliphatic hydroxyl groups is 1. The van der Waals surface area contributed by atoms with Crippen molar-refractivity contribution < 1.29 is 24.2 Å². The third-order valence-corrected chi connectivity index (χ3v) is 9.99. The van der Waals surface area contributed by atoms with Gasteiger partial charge in [-0.3, -0.25) is 14.5 Å². The highest BCUT2D eigenvalue weighted by Gasteiger charge is 2.48. The van der Waals surface area contributed by atoms with Gasteiger partial charge in [0.2, 0.25) is 5.13 Å². The average Bonchev–Trinajstić information content (AvgIpc) is 3.69. The van der Waals surface area contributed by atoms with E-state index in [9.17, 15) is 14.7 Å². The molecule has 5 aromatic rings. The molecule has 0 spiro atoms. The second-order valence-electron chi connectivity index (χ2n) is 11.4. The highest BCUT2D eigenvalue weighted by atomic mass is 32.2. The summed E-state index contributed by atoms with van der Waals surface area (Å²) in [4.78, 5) is 28.7. The number of Topliss-reactive ketones (excluding diaryl/α,β-unsaturated/α-hetero) is 1. The van der Waals surface area contributed by atoms with E-state index >= 15 is 0 Å². The standard InChI is InChI=1S/C38H35N3O5S2/c1-3-4-22-45-30-20-16-29(17-21-30)34(42)32-33(28-14-18-31(19-15-28)46-23-26-8-6-5-7-9-26)41(36(44)35(32)43)37-39-40-38(48-37)47-24-27-12-10-25(2)11-13-27/h5-21,33,42H,3-4,22-24H2,1-2H3/t33-/m0/s1. The molecule has 0 bridgehead atoms. The Balaban J connectivity index is 1.31. The van der Waals surface area contributed by atoms with Gasteiger partial charge in [-0.25, -0.2) is 0 Å². The van der Waals surface area contributed by atoms with Gasteiger partial charge in [-0.05, 0) is 66.4 Å². The molecule has 48 heavy (non-hydrogen) atoms. The molecule has 0 radical (unpaired) electrons. The largest absolute Gasteiger partial charge is 0.507 e. The third kappa shape index (κ3) is 7.61. The minimum absolute atomic E-state index is 0.0262. The van der Waals surface area contributed by atoms with E-state index < -0.39 is 17.7 Å². The number of nitrogens with zero attached hydrogens (tertiary/aromatic N) is 3. The summed E-state index contributed by atoms with van der Waals surface area (Å²) in [6.45, 7) is 5.12. The highest BCUT2D eigenvalue weighted by molar-refractivity contribution is 8.00.